The van der Waals surface area contributed by atoms with Gasteiger partial charge in [0.2, 0.25) is 0 Å². The molecule has 0 spiro atoms. The van der Waals surface area contributed by atoms with E-state index < -0.39 is 0 Å². The van der Waals surface area contributed by atoms with Crippen LogP contribution in [0.25, 0.3) is 0 Å². The number of ketones is 1. The van der Waals surface area contributed by atoms with Crippen LogP contribution in [-0.2, 0) is 12.8 Å². The van der Waals surface area contributed by atoms with Crippen molar-refractivity contribution >= 4 is 5.78 Å². The molecule has 0 amide bonds. The van der Waals surface area contributed by atoms with Gasteiger partial charge in [-0.1, -0.05) is 50.8 Å². The molecule has 17 heavy (non-hydrogen) atoms. The van der Waals surface area contributed by atoms with Gasteiger partial charge in [-0.15, -0.1) is 0 Å². The Morgan fingerprint density at radius 3 is 2.71 bits per heavy atom. The number of rotatable bonds is 6. The van der Waals surface area contributed by atoms with Crippen LogP contribution in [0.2, 0.25) is 0 Å². The first-order chi connectivity index (χ1) is 8.31. The highest BCUT2D eigenvalue weighted by molar-refractivity contribution is 6.00. The van der Waals surface area contributed by atoms with E-state index in [2.05, 4.69) is 19.1 Å². The summed E-state index contributed by atoms with van der Waals surface area (Å²) in [7, 11) is 0. The number of carbonyl (C=O) groups excluding carboxylic acids is 1. The summed E-state index contributed by atoms with van der Waals surface area (Å²) in [4.78, 5) is 11.5. The summed E-state index contributed by atoms with van der Waals surface area (Å²) in [5, 5.41) is 0. The maximum Gasteiger partial charge on any atom is 0.163 e. The van der Waals surface area contributed by atoms with Gasteiger partial charge in [0, 0.05) is 12.0 Å². The highest BCUT2D eigenvalue weighted by Gasteiger charge is 2.18. The Bertz CT molecular complexity index is 393. The average Bonchev–Trinajstić information content (AvgIpc) is 2.71. The zero-order valence-electron chi connectivity index (χ0n) is 10.8. The summed E-state index contributed by atoms with van der Waals surface area (Å²) in [6.07, 6.45) is 9.49. The van der Waals surface area contributed by atoms with Crippen LogP contribution in [-0.4, -0.2) is 5.78 Å². The molecule has 1 aliphatic rings. The van der Waals surface area contributed by atoms with Gasteiger partial charge in [0.15, 0.2) is 5.78 Å². The second-order valence-corrected chi connectivity index (χ2v) is 5.08. The molecule has 0 saturated heterocycles. The molecule has 1 aromatic rings. The van der Waals surface area contributed by atoms with Crippen molar-refractivity contribution in [3.63, 3.8) is 0 Å². The monoisotopic (exact) mass is 230 g/mol. The van der Waals surface area contributed by atoms with Crippen molar-refractivity contribution in [3.05, 3.63) is 34.9 Å². The highest BCUT2D eigenvalue weighted by Crippen LogP contribution is 2.23. The van der Waals surface area contributed by atoms with Crippen LogP contribution in [0.5, 0.6) is 0 Å². The smallest absolute Gasteiger partial charge is 0.163 e. The molecule has 1 aromatic carbocycles. The fourth-order valence-corrected chi connectivity index (χ4v) is 2.60. The zero-order chi connectivity index (χ0) is 12.1. The number of Topliss-reactive ketones (excluding diaryl/α,β-unsaturated/α-hetero) is 1. The molecule has 1 nitrogen and oxygen atoms in total. The third kappa shape index (κ3) is 3.18. The van der Waals surface area contributed by atoms with Crippen molar-refractivity contribution < 1.29 is 4.79 Å². The number of hydrogen-bond donors (Lipinski definition) is 0. The summed E-state index contributed by atoms with van der Waals surface area (Å²) < 4.78 is 0. The lowest BCUT2D eigenvalue weighted by Gasteiger charge is -2.04. The van der Waals surface area contributed by atoms with Gasteiger partial charge in [0.25, 0.3) is 0 Å². The lowest BCUT2D eigenvalue weighted by Crippen LogP contribution is -1.93. The Morgan fingerprint density at radius 1 is 1.06 bits per heavy atom. The Hall–Kier alpha value is -1.11. The lowest BCUT2D eigenvalue weighted by molar-refractivity contribution is 0.0994. The third-order valence-corrected chi connectivity index (χ3v) is 3.66. The molecular weight excluding hydrogens is 208 g/mol. The van der Waals surface area contributed by atoms with Crippen LogP contribution in [0, 0.1) is 0 Å². The maximum absolute atomic E-state index is 11.5. The van der Waals surface area contributed by atoms with E-state index >= 15 is 0 Å². The first kappa shape index (κ1) is 12.3. The van der Waals surface area contributed by atoms with Gasteiger partial charge in [-0.25, -0.2) is 0 Å². The predicted octanol–water partition coefficient (Wildman–Crippen LogP) is 4.33. The van der Waals surface area contributed by atoms with Gasteiger partial charge in [-0.2, -0.15) is 0 Å². The normalized spacial score (nSPS) is 14.1. The average molecular weight is 230 g/mol. The summed E-state index contributed by atoms with van der Waals surface area (Å²) in [6.45, 7) is 2.25. The van der Waals surface area contributed by atoms with Crippen LogP contribution in [0.4, 0.5) is 0 Å². The molecule has 0 heterocycles. The molecular formula is C16H22O. The molecule has 0 fully saturated rings. The Balaban J connectivity index is 1.84. The van der Waals surface area contributed by atoms with Crippen molar-refractivity contribution in [1.82, 2.24) is 0 Å². The number of carbonyl (C=O) groups is 1. The first-order valence-electron chi connectivity index (χ1n) is 6.96. The van der Waals surface area contributed by atoms with Crippen LogP contribution in [0.1, 0.15) is 66.9 Å². The number of benzene rings is 1. The van der Waals surface area contributed by atoms with Gasteiger partial charge in [-0.3, -0.25) is 4.79 Å². The predicted molar refractivity (Wildman–Crippen MR) is 71.6 cm³/mol. The second kappa shape index (κ2) is 6.00. The van der Waals surface area contributed by atoms with E-state index in [0.29, 0.717) is 5.78 Å². The molecule has 0 unspecified atom stereocenters. The Morgan fingerprint density at radius 2 is 1.88 bits per heavy atom. The summed E-state index contributed by atoms with van der Waals surface area (Å²) in [5.74, 6) is 0.328. The van der Waals surface area contributed by atoms with Gasteiger partial charge < -0.3 is 0 Å². The van der Waals surface area contributed by atoms with Crippen molar-refractivity contribution in [2.45, 2.75) is 58.3 Å². The lowest BCUT2D eigenvalue weighted by atomic mass is 10.0. The zero-order valence-corrected chi connectivity index (χ0v) is 10.8. The van der Waals surface area contributed by atoms with E-state index in [4.69, 9.17) is 0 Å². The van der Waals surface area contributed by atoms with Crippen molar-refractivity contribution in [1.29, 1.82) is 0 Å². The quantitative estimate of drug-likeness (QED) is 0.665. The van der Waals surface area contributed by atoms with E-state index in [-0.39, 0.29) is 0 Å². The number of hydrogen-bond acceptors (Lipinski definition) is 1. The van der Waals surface area contributed by atoms with Gasteiger partial charge >= 0.3 is 0 Å². The van der Waals surface area contributed by atoms with E-state index in [1.54, 1.807) is 0 Å². The van der Waals surface area contributed by atoms with Gasteiger partial charge in [0.1, 0.15) is 0 Å². The molecule has 0 atom stereocenters. The fraction of sp³-hybridized carbons (Fsp3) is 0.562. The van der Waals surface area contributed by atoms with E-state index in [0.717, 1.165) is 18.4 Å². The van der Waals surface area contributed by atoms with Gasteiger partial charge in [0.05, 0.1) is 0 Å². The molecule has 92 valence electrons. The van der Waals surface area contributed by atoms with E-state index in [1.165, 1.54) is 49.7 Å². The SMILES string of the molecule is CCCCCCCc1ccc2c(c1)CCC2=O. The van der Waals surface area contributed by atoms with Crippen LogP contribution >= 0.6 is 0 Å². The Kier molecular flexibility index (Phi) is 4.36. The summed E-state index contributed by atoms with van der Waals surface area (Å²) in [5.41, 5.74) is 3.66. The largest absolute Gasteiger partial charge is 0.294 e. The topological polar surface area (TPSA) is 17.1 Å². The molecule has 0 N–H and O–H groups in total. The fourth-order valence-electron chi connectivity index (χ4n) is 2.60. The molecule has 2 rings (SSSR count). The number of fused-ring (bicyclic) bond motifs is 1. The number of aryl methyl sites for hydroxylation is 2. The summed E-state index contributed by atoms with van der Waals surface area (Å²) >= 11 is 0. The van der Waals surface area contributed by atoms with Crippen molar-refractivity contribution in [2.24, 2.45) is 0 Å². The van der Waals surface area contributed by atoms with E-state index in [1.807, 2.05) is 6.07 Å². The van der Waals surface area contributed by atoms with E-state index in [9.17, 15) is 4.79 Å². The van der Waals surface area contributed by atoms with Crippen molar-refractivity contribution in [2.75, 3.05) is 0 Å². The molecule has 0 bridgehead atoms. The minimum absolute atomic E-state index is 0.328. The Labute approximate surface area is 104 Å². The first-order valence-corrected chi connectivity index (χ1v) is 6.96. The van der Waals surface area contributed by atoms with Crippen LogP contribution in [0.3, 0.4) is 0 Å². The van der Waals surface area contributed by atoms with Gasteiger partial charge in [-0.05, 0) is 30.4 Å². The second-order valence-electron chi connectivity index (χ2n) is 5.08. The molecule has 1 heteroatoms. The van der Waals surface area contributed by atoms with Crippen LogP contribution < -0.4 is 0 Å². The maximum atomic E-state index is 11.5. The molecule has 0 saturated carbocycles. The minimum Gasteiger partial charge on any atom is -0.294 e. The molecule has 0 aliphatic heterocycles. The third-order valence-electron chi connectivity index (χ3n) is 3.66. The van der Waals surface area contributed by atoms with Crippen molar-refractivity contribution in [3.8, 4) is 0 Å². The highest BCUT2D eigenvalue weighted by atomic mass is 16.1. The molecule has 1 aliphatic carbocycles. The number of unbranched alkanes of at least 4 members (excludes halogenated alkanes) is 4. The van der Waals surface area contributed by atoms with Crippen LogP contribution in [0.15, 0.2) is 18.2 Å². The summed E-state index contributed by atoms with van der Waals surface area (Å²) in [6, 6.07) is 6.42. The minimum atomic E-state index is 0.328. The standard InChI is InChI=1S/C16H22O/c1-2-3-4-5-6-7-13-8-10-15-14(12-13)9-11-16(15)17/h8,10,12H,2-7,9,11H2,1H3. The molecule has 0 radical (unpaired) electrons. The molecule has 0 aromatic heterocycles.